The molecule has 0 aliphatic heterocycles. The maximum Gasteiger partial charge on any atom is 0.0932 e. The molecule has 0 aliphatic rings. The molecule has 0 aromatic carbocycles. The summed E-state index contributed by atoms with van der Waals surface area (Å²) in [5.41, 5.74) is 5.33. The average molecular weight is 118 g/mol. The first kappa shape index (κ1) is 7.88. The number of rotatable bonds is 3. The predicted octanol–water partition coefficient (Wildman–Crippen LogP) is -0.737. The van der Waals surface area contributed by atoms with Crippen LogP contribution in [-0.2, 0) is 0 Å². The molecule has 0 bridgehead atoms. The number of hydrogen-bond acceptors (Lipinski definition) is 3. The second kappa shape index (κ2) is 3.02. The number of nitrogens with two attached hydrogens (primary N) is 1. The summed E-state index contributed by atoms with van der Waals surface area (Å²) in [6.45, 7) is 4.44. The molecule has 0 saturated carbocycles. The van der Waals surface area contributed by atoms with Crippen molar-refractivity contribution in [3.05, 3.63) is 0 Å². The van der Waals surface area contributed by atoms with E-state index in [4.69, 9.17) is 10.8 Å². The molecule has 50 valence electrons. The van der Waals surface area contributed by atoms with E-state index in [1.54, 1.807) is 0 Å². The van der Waals surface area contributed by atoms with Crippen molar-refractivity contribution in [3.8, 4) is 0 Å². The van der Waals surface area contributed by atoms with Gasteiger partial charge in [-0.05, 0) is 13.8 Å². The Morgan fingerprint density at radius 2 is 2.12 bits per heavy atom. The summed E-state index contributed by atoms with van der Waals surface area (Å²) >= 11 is 0. The molecule has 0 heterocycles. The molecule has 0 spiro atoms. The Hall–Kier alpha value is -0.120. The van der Waals surface area contributed by atoms with E-state index >= 15 is 0 Å². The lowest BCUT2D eigenvalue weighted by molar-refractivity contribution is 0.248. The summed E-state index contributed by atoms with van der Waals surface area (Å²) in [5.74, 6) is 0. The largest absolute Gasteiger partial charge is 0.381 e. The quantitative estimate of drug-likeness (QED) is 0.428. The minimum Gasteiger partial charge on any atom is -0.381 e. The van der Waals surface area contributed by atoms with Crippen molar-refractivity contribution in [1.82, 2.24) is 5.32 Å². The van der Waals surface area contributed by atoms with Crippen LogP contribution in [-0.4, -0.2) is 23.9 Å². The van der Waals surface area contributed by atoms with Crippen LogP contribution in [0.1, 0.15) is 13.8 Å². The van der Waals surface area contributed by atoms with Crippen molar-refractivity contribution in [3.63, 3.8) is 0 Å². The van der Waals surface area contributed by atoms with Crippen LogP contribution in [0.2, 0.25) is 0 Å². The zero-order valence-corrected chi connectivity index (χ0v) is 5.44. The number of aliphatic hydroxyl groups is 1. The highest BCUT2D eigenvalue weighted by molar-refractivity contribution is 4.73. The molecule has 0 fully saturated rings. The second-order valence-corrected chi connectivity index (χ2v) is 2.57. The van der Waals surface area contributed by atoms with Gasteiger partial charge >= 0.3 is 0 Å². The van der Waals surface area contributed by atoms with Gasteiger partial charge in [-0.2, -0.15) is 0 Å². The number of aliphatic hydroxyl groups excluding tert-OH is 1. The van der Waals surface area contributed by atoms with Gasteiger partial charge in [0.25, 0.3) is 0 Å². The summed E-state index contributed by atoms with van der Waals surface area (Å²) < 4.78 is 0. The third-order valence-corrected chi connectivity index (χ3v) is 0.692. The molecule has 0 amide bonds. The van der Waals surface area contributed by atoms with E-state index in [0.29, 0.717) is 6.54 Å². The average Bonchev–Trinajstić information content (AvgIpc) is 1.59. The van der Waals surface area contributed by atoms with Gasteiger partial charge in [0.1, 0.15) is 0 Å². The molecule has 0 radical (unpaired) electrons. The predicted molar refractivity (Wildman–Crippen MR) is 33.4 cm³/mol. The van der Waals surface area contributed by atoms with Crippen molar-refractivity contribution in [2.75, 3.05) is 13.3 Å². The van der Waals surface area contributed by atoms with Gasteiger partial charge in [-0.15, -0.1) is 0 Å². The van der Waals surface area contributed by atoms with Crippen molar-refractivity contribution >= 4 is 0 Å². The second-order valence-electron chi connectivity index (χ2n) is 2.57. The van der Waals surface area contributed by atoms with Crippen LogP contribution in [0.5, 0.6) is 0 Å². The van der Waals surface area contributed by atoms with Gasteiger partial charge in [0.2, 0.25) is 0 Å². The van der Waals surface area contributed by atoms with Crippen LogP contribution in [0.4, 0.5) is 0 Å². The molecule has 0 aromatic heterocycles. The van der Waals surface area contributed by atoms with Crippen molar-refractivity contribution in [2.24, 2.45) is 5.73 Å². The molecule has 0 unspecified atom stereocenters. The Bertz CT molecular complexity index is 57.9. The Morgan fingerprint density at radius 3 is 2.25 bits per heavy atom. The van der Waals surface area contributed by atoms with E-state index < -0.39 is 0 Å². The lowest BCUT2D eigenvalue weighted by Gasteiger charge is -2.17. The number of hydrogen-bond donors (Lipinski definition) is 3. The van der Waals surface area contributed by atoms with Crippen molar-refractivity contribution in [1.29, 1.82) is 0 Å². The highest BCUT2D eigenvalue weighted by Crippen LogP contribution is 1.90. The van der Waals surface area contributed by atoms with Crippen LogP contribution in [0.25, 0.3) is 0 Å². The van der Waals surface area contributed by atoms with Crippen molar-refractivity contribution in [2.45, 2.75) is 19.4 Å². The lowest BCUT2D eigenvalue weighted by Crippen LogP contribution is -2.43. The van der Waals surface area contributed by atoms with Gasteiger partial charge in [-0.25, -0.2) is 0 Å². The van der Waals surface area contributed by atoms with Gasteiger partial charge in [-0.1, -0.05) is 0 Å². The molecule has 0 rings (SSSR count). The fourth-order valence-electron chi connectivity index (χ4n) is 0.378. The summed E-state index contributed by atoms with van der Waals surface area (Å²) in [5, 5.41) is 11.0. The fraction of sp³-hybridized carbons (Fsp3) is 1.00. The van der Waals surface area contributed by atoms with Gasteiger partial charge in [-0.3, -0.25) is 5.32 Å². The summed E-state index contributed by atoms with van der Waals surface area (Å²) in [7, 11) is 0. The van der Waals surface area contributed by atoms with E-state index in [0.717, 1.165) is 0 Å². The topological polar surface area (TPSA) is 58.3 Å². The monoisotopic (exact) mass is 118 g/mol. The van der Waals surface area contributed by atoms with E-state index in [2.05, 4.69) is 5.32 Å². The summed E-state index contributed by atoms with van der Waals surface area (Å²) in [4.78, 5) is 0. The lowest BCUT2D eigenvalue weighted by atomic mass is 10.1. The van der Waals surface area contributed by atoms with E-state index in [9.17, 15) is 0 Å². The normalized spacial score (nSPS) is 12.0. The molecule has 3 heteroatoms. The first-order valence-electron chi connectivity index (χ1n) is 2.67. The third-order valence-electron chi connectivity index (χ3n) is 0.692. The third kappa shape index (κ3) is 5.88. The van der Waals surface area contributed by atoms with Crippen molar-refractivity contribution < 1.29 is 5.11 Å². The zero-order chi connectivity index (χ0) is 6.62. The van der Waals surface area contributed by atoms with Crippen LogP contribution in [0.3, 0.4) is 0 Å². The Morgan fingerprint density at radius 1 is 1.62 bits per heavy atom. The standard InChI is InChI=1S/C5H14N2O/c1-5(2,6)3-7-4-8/h7-8H,3-4,6H2,1-2H3. The minimum absolute atomic E-state index is 0.000625. The Kier molecular flexibility index (Phi) is 2.97. The molecule has 3 nitrogen and oxygen atoms in total. The molecule has 0 atom stereocenters. The van der Waals surface area contributed by atoms with Crippen LogP contribution < -0.4 is 11.1 Å². The highest BCUT2D eigenvalue weighted by Gasteiger charge is 2.07. The SMILES string of the molecule is CC(C)(N)CNCO. The molecular formula is C5H14N2O. The molecule has 8 heavy (non-hydrogen) atoms. The van der Waals surface area contributed by atoms with Gasteiger partial charge in [0.05, 0.1) is 6.73 Å². The van der Waals surface area contributed by atoms with Gasteiger partial charge in [0.15, 0.2) is 0 Å². The molecular weight excluding hydrogens is 104 g/mol. The van der Waals surface area contributed by atoms with E-state index in [1.807, 2.05) is 13.8 Å². The molecule has 0 saturated heterocycles. The van der Waals surface area contributed by atoms with Gasteiger partial charge in [0, 0.05) is 12.1 Å². The maximum absolute atomic E-state index is 8.26. The Balaban J connectivity index is 3.11. The first-order chi connectivity index (χ1) is 3.56. The molecule has 0 aromatic rings. The van der Waals surface area contributed by atoms with Gasteiger partial charge < -0.3 is 10.8 Å². The summed E-state index contributed by atoms with van der Waals surface area (Å²) in [6.07, 6.45) is 0. The maximum atomic E-state index is 8.26. The summed E-state index contributed by atoms with van der Waals surface area (Å²) in [6, 6.07) is 0. The van der Waals surface area contributed by atoms with Crippen LogP contribution in [0, 0.1) is 0 Å². The zero-order valence-electron chi connectivity index (χ0n) is 5.44. The van der Waals surface area contributed by atoms with Crippen LogP contribution >= 0.6 is 0 Å². The minimum atomic E-state index is -0.220. The van der Waals surface area contributed by atoms with E-state index in [-0.39, 0.29) is 12.3 Å². The molecule has 4 N–H and O–H groups in total. The highest BCUT2D eigenvalue weighted by atomic mass is 16.3. The Labute approximate surface area is 49.9 Å². The molecule has 0 aliphatic carbocycles. The number of nitrogens with one attached hydrogen (secondary N) is 1. The fourth-order valence-corrected chi connectivity index (χ4v) is 0.378. The van der Waals surface area contributed by atoms with Crippen LogP contribution in [0.15, 0.2) is 0 Å². The van der Waals surface area contributed by atoms with E-state index in [1.165, 1.54) is 0 Å². The first-order valence-corrected chi connectivity index (χ1v) is 2.67. The smallest absolute Gasteiger partial charge is 0.0932 e.